The van der Waals surface area contributed by atoms with Crippen molar-refractivity contribution < 1.29 is 9.90 Å². The molecule has 0 aromatic heterocycles. The van der Waals surface area contributed by atoms with Crippen LogP contribution in [-0.2, 0) is 4.79 Å². The van der Waals surface area contributed by atoms with Crippen molar-refractivity contribution in [3.63, 3.8) is 0 Å². The van der Waals surface area contributed by atoms with Crippen molar-refractivity contribution in [3.8, 4) is 6.07 Å². The molecule has 0 aliphatic carbocycles. The van der Waals surface area contributed by atoms with Crippen molar-refractivity contribution >= 4 is 11.6 Å². The Hall–Kier alpha value is -1.90. The summed E-state index contributed by atoms with van der Waals surface area (Å²) in [5, 5.41) is 18.4. The van der Waals surface area contributed by atoms with Gasteiger partial charge in [-0.2, -0.15) is 5.26 Å². The highest BCUT2D eigenvalue weighted by Gasteiger charge is 2.32. The zero-order valence-electron chi connectivity index (χ0n) is 12.3. The molecule has 5 heteroatoms. The molecule has 1 aliphatic rings. The van der Waals surface area contributed by atoms with Gasteiger partial charge in [0.25, 0.3) is 0 Å². The summed E-state index contributed by atoms with van der Waals surface area (Å²) in [4.78, 5) is 16.0. The van der Waals surface area contributed by atoms with Gasteiger partial charge in [-0.1, -0.05) is 25.1 Å². The predicted molar refractivity (Wildman–Crippen MR) is 80.6 cm³/mol. The number of aliphatic hydroxyl groups excluding tert-OH is 1. The molecule has 0 spiro atoms. The van der Waals surface area contributed by atoms with Crippen LogP contribution in [0.3, 0.4) is 0 Å². The Labute approximate surface area is 125 Å². The first-order chi connectivity index (χ1) is 10.2. The fourth-order valence-corrected chi connectivity index (χ4v) is 2.84. The van der Waals surface area contributed by atoms with Crippen LogP contribution in [-0.4, -0.2) is 48.2 Å². The molecule has 2 rings (SSSR count). The van der Waals surface area contributed by atoms with Gasteiger partial charge < -0.3 is 5.11 Å². The van der Waals surface area contributed by atoms with Crippen molar-refractivity contribution in [2.24, 2.45) is 5.92 Å². The Morgan fingerprint density at radius 1 is 1.48 bits per heavy atom. The SMILES string of the molecule is CC1CCN(CC(=O)N(CC#N)c2ccccc2)C1CO. The van der Waals surface area contributed by atoms with Crippen LogP contribution in [0.1, 0.15) is 13.3 Å². The zero-order chi connectivity index (χ0) is 15.2. The lowest BCUT2D eigenvalue weighted by Gasteiger charge is -2.27. The predicted octanol–water partition coefficient (Wildman–Crippen LogP) is 1.25. The number of aliphatic hydroxyl groups is 1. The minimum atomic E-state index is -0.102. The van der Waals surface area contributed by atoms with Crippen LogP contribution in [0.4, 0.5) is 5.69 Å². The molecule has 1 saturated heterocycles. The van der Waals surface area contributed by atoms with Crippen molar-refractivity contribution in [2.75, 3.05) is 31.1 Å². The average Bonchev–Trinajstić information content (AvgIpc) is 2.85. The van der Waals surface area contributed by atoms with Gasteiger partial charge in [-0.3, -0.25) is 14.6 Å². The van der Waals surface area contributed by atoms with E-state index in [1.165, 1.54) is 4.90 Å². The van der Waals surface area contributed by atoms with Crippen LogP contribution < -0.4 is 4.90 Å². The molecule has 21 heavy (non-hydrogen) atoms. The molecular formula is C16H21N3O2. The molecule has 5 nitrogen and oxygen atoms in total. The number of carbonyl (C=O) groups is 1. The van der Waals surface area contributed by atoms with E-state index in [9.17, 15) is 9.90 Å². The van der Waals surface area contributed by atoms with Gasteiger partial charge >= 0.3 is 0 Å². The van der Waals surface area contributed by atoms with Gasteiger partial charge in [-0.05, 0) is 31.0 Å². The largest absolute Gasteiger partial charge is 0.395 e. The van der Waals surface area contributed by atoms with E-state index in [0.29, 0.717) is 5.92 Å². The Morgan fingerprint density at radius 3 is 2.81 bits per heavy atom. The van der Waals surface area contributed by atoms with Gasteiger partial charge in [0.2, 0.25) is 5.91 Å². The first kappa shape index (κ1) is 15.5. The lowest BCUT2D eigenvalue weighted by Crippen LogP contribution is -2.44. The molecule has 0 saturated carbocycles. The third-order valence-corrected chi connectivity index (χ3v) is 4.12. The lowest BCUT2D eigenvalue weighted by atomic mass is 10.0. The number of anilines is 1. The molecule has 112 valence electrons. The maximum atomic E-state index is 12.5. The molecule has 0 radical (unpaired) electrons. The Morgan fingerprint density at radius 2 is 2.19 bits per heavy atom. The minimum Gasteiger partial charge on any atom is -0.395 e. The normalized spacial score (nSPS) is 22.0. The van der Waals surface area contributed by atoms with Crippen molar-refractivity contribution in [2.45, 2.75) is 19.4 Å². The van der Waals surface area contributed by atoms with Gasteiger partial charge in [-0.15, -0.1) is 0 Å². The summed E-state index contributed by atoms with van der Waals surface area (Å²) in [5.41, 5.74) is 0.733. The summed E-state index contributed by atoms with van der Waals surface area (Å²) in [5.74, 6) is 0.291. The number of benzene rings is 1. The second-order valence-corrected chi connectivity index (χ2v) is 5.46. The van der Waals surface area contributed by atoms with Crippen LogP contribution >= 0.6 is 0 Å². The Bertz CT molecular complexity index is 512. The molecule has 1 amide bonds. The van der Waals surface area contributed by atoms with Crippen molar-refractivity contribution in [3.05, 3.63) is 30.3 Å². The van der Waals surface area contributed by atoms with Crippen LogP contribution in [0.15, 0.2) is 30.3 Å². The van der Waals surface area contributed by atoms with Gasteiger partial charge in [-0.25, -0.2) is 0 Å². The van der Waals surface area contributed by atoms with E-state index in [4.69, 9.17) is 5.26 Å². The maximum absolute atomic E-state index is 12.5. The van der Waals surface area contributed by atoms with Crippen molar-refractivity contribution in [1.29, 1.82) is 5.26 Å². The van der Waals surface area contributed by atoms with E-state index >= 15 is 0 Å². The third-order valence-electron chi connectivity index (χ3n) is 4.12. The monoisotopic (exact) mass is 287 g/mol. The summed E-state index contributed by atoms with van der Waals surface area (Å²) in [7, 11) is 0. The summed E-state index contributed by atoms with van der Waals surface area (Å²) in [6, 6.07) is 11.3. The Kier molecular flexibility index (Phi) is 5.32. The molecule has 1 aliphatic heterocycles. The van der Waals surface area contributed by atoms with E-state index in [1.54, 1.807) is 0 Å². The van der Waals surface area contributed by atoms with E-state index in [1.807, 2.05) is 41.3 Å². The van der Waals surface area contributed by atoms with Crippen LogP contribution in [0.5, 0.6) is 0 Å². The Balaban J connectivity index is 2.08. The number of para-hydroxylation sites is 1. The molecule has 2 atom stereocenters. The molecule has 2 unspecified atom stereocenters. The van der Waals surface area contributed by atoms with Gasteiger partial charge in [0.05, 0.1) is 19.2 Å². The average molecular weight is 287 g/mol. The van der Waals surface area contributed by atoms with Crippen molar-refractivity contribution in [1.82, 2.24) is 4.90 Å². The number of amides is 1. The van der Waals surface area contributed by atoms with Gasteiger partial charge in [0.1, 0.15) is 6.54 Å². The van der Waals surface area contributed by atoms with Crippen LogP contribution in [0.2, 0.25) is 0 Å². The van der Waals surface area contributed by atoms with E-state index in [-0.39, 0.29) is 31.6 Å². The minimum absolute atomic E-state index is 0.0358. The van der Waals surface area contributed by atoms with Gasteiger partial charge in [0.15, 0.2) is 0 Å². The molecule has 0 bridgehead atoms. The third kappa shape index (κ3) is 3.60. The fraction of sp³-hybridized carbons (Fsp3) is 0.500. The zero-order valence-corrected chi connectivity index (χ0v) is 12.3. The smallest absolute Gasteiger partial charge is 0.242 e. The highest BCUT2D eigenvalue weighted by molar-refractivity contribution is 5.95. The molecule has 1 N–H and O–H groups in total. The highest BCUT2D eigenvalue weighted by Crippen LogP contribution is 2.23. The molecule has 1 aromatic rings. The number of carbonyl (C=O) groups excluding carboxylic acids is 1. The summed E-state index contributed by atoms with van der Waals surface area (Å²) >= 11 is 0. The molecule has 1 heterocycles. The van der Waals surface area contributed by atoms with E-state index in [0.717, 1.165) is 18.7 Å². The van der Waals surface area contributed by atoms with Crippen LogP contribution in [0, 0.1) is 17.2 Å². The fourth-order valence-electron chi connectivity index (χ4n) is 2.84. The molecule has 1 fully saturated rings. The quantitative estimate of drug-likeness (QED) is 0.828. The molecular weight excluding hydrogens is 266 g/mol. The standard InChI is InChI=1S/C16H21N3O2/c1-13-7-9-18(15(13)12-20)11-16(21)19(10-8-17)14-5-3-2-4-6-14/h2-6,13,15,20H,7,9-12H2,1H3. The lowest BCUT2D eigenvalue weighted by molar-refractivity contribution is -0.120. The maximum Gasteiger partial charge on any atom is 0.242 e. The number of hydrogen-bond donors (Lipinski definition) is 1. The van der Waals surface area contributed by atoms with E-state index < -0.39 is 0 Å². The number of rotatable bonds is 5. The number of nitrogens with zero attached hydrogens (tertiary/aromatic N) is 3. The first-order valence-electron chi connectivity index (χ1n) is 7.24. The molecule has 1 aromatic carbocycles. The number of likely N-dealkylation sites (tertiary alicyclic amines) is 1. The summed E-state index contributed by atoms with van der Waals surface area (Å²) < 4.78 is 0. The topological polar surface area (TPSA) is 67.6 Å². The first-order valence-corrected chi connectivity index (χ1v) is 7.24. The second-order valence-electron chi connectivity index (χ2n) is 5.46. The number of nitriles is 1. The van der Waals surface area contributed by atoms with E-state index in [2.05, 4.69) is 6.92 Å². The summed E-state index contributed by atoms with van der Waals surface area (Å²) in [6.45, 7) is 3.25. The van der Waals surface area contributed by atoms with Gasteiger partial charge in [0, 0.05) is 11.7 Å². The summed E-state index contributed by atoms with van der Waals surface area (Å²) in [6.07, 6.45) is 0.988. The number of hydrogen-bond acceptors (Lipinski definition) is 4. The van der Waals surface area contributed by atoms with Crippen LogP contribution in [0.25, 0.3) is 0 Å². The highest BCUT2D eigenvalue weighted by atomic mass is 16.3. The second kappa shape index (κ2) is 7.21.